The van der Waals surface area contributed by atoms with E-state index in [9.17, 15) is 4.79 Å². The number of rotatable bonds is 6. The fraction of sp³-hybridized carbons (Fsp3) is 0.417. The molecule has 0 amide bonds. The van der Waals surface area contributed by atoms with Gasteiger partial charge in [0.15, 0.2) is 17.3 Å². The van der Waals surface area contributed by atoms with Crippen molar-refractivity contribution in [1.82, 2.24) is 0 Å². The zero-order chi connectivity index (χ0) is 12.8. The molecule has 0 radical (unpaired) electrons. The number of methoxy groups -OCH3 is 3. The molecule has 0 aliphatic heterocycles. The Morgan fingerprint density at radius 1 is 1.18 bits per heavy atom. The third kappa shape index (κ3) is 2.95. The van der Waals surface area contributed by atoms with Crippen molar-refractivity contribution in [1.29, 1.82) is 0 Å². The average molecular weight is 239 g/mol. The zero-order valence-corrected chi connectivity index (χ0v) is 10.3. The summed E-state index contributed by atoms with van der Waals surface area (Å²) in [7, 11) is 4.62. The van der Waals surface area contributed by atoms with Crippen molar-refractivity contribution < 1.29 is 19.0 Å². The van der Waals surface area contributed by atoms with E-state index in [0.717, 1.165) is 5.56 Å². The van der Waals surface area contributed by atoms with Gasteiger partial charge in [-0.2, -0.15) is 0 Å². The molecule has 94 valence electrons. The van der Waals surface area contributed by atoms with Crippen LogP contribution in [0.25, 0.3) is 0 Å². The molecule has 5 heteroatoms. The molecule has 0 atom stereocenters. The summed E-state index contributed by atoms with van der Waals surface area (Å²) in [6.45, 7) is 0.271. The van der Waals surface area contributed by atoms with Gasteiger partial charge in [-0.1, -0.05) is 0 Å². The van der Waals surface area contributed by atoms with E-state index in [0.29, 0.717) is 23.7 Å². The number of ether oxygens (including phenoxy) is 3. The molecule has 0 aromatic heterocycles. The van der Waals surface area contributed by atoms with E-state index < -0.39 is 0 Å². The molecule has 17 heavy (non-hydrogen) atoms. The SMILES string of the molecule is COCc1cc(OC)c(OC)cc1C(=O)CN. The molecular formula is C12H17NO4. The van der Waals surface area contributed by atoms with E-state index in [1.54, 1.807) is 26.4 Å². The average Bonchev–Trinajstić information content (AvgIpc) is 2.37. The number of hydrogen-bond donors (Lipinski definition) is 1. The summed E-state index contributed by atoms with van der Waals surface area (Å²) < 4.78 is 15.4. The molecule has 5 nitrogen and oxygen atoms in total. The first-order valence-corrected chi connectivity index (χ1v) is 5.15. The molecule has 0 bridgehead atoms. The number of hydrogen-bond acceptors (Lipinski definition) is 5. The van der Waals surface area contributed by atoms with E-state index in [1.165, 1.54) is 7.11 Å². The minimum atomic E-state index is -0.155. The first-order chi connectivity index (χ1) is 8.17. The minimum absolute atomic E-state index is 0.0494. The second-order valence-corrected chi connectivity index (χ2v) is 3.42. The molecule has 0 saturated heterocycles. The van der Waals surface area contributed by atoms with Gasteiger partial charge in [-0.05, 0) is 17.7 Å². The van der Waals surface area contributed by atoms with E-state index in [1.807, 2.05) is 0 Å². The van der Waals surface area contributed by atoms with Gasteiger partial charge in [-0.25, -0.2) is 0 Å². The van der Waals surface area contributed by atoms with Crippen molar-refractivity contribution in [3.05, 3.63) is 23.3 Å². The normalized spacial score (nSPS) is 10.1. The Balaban J connectivity index is 3.29. The summed E-state index contributed by atoms with van der Waals surface area (Å²) in [6, 6.07) is 3.35. The topological polar surface area (TPSA) is 70.8 Å². The number of nitrogens with two attached hydrogens (primary N) is 1. The molecule has 0 heterocycles. The van der Waals surface area contributed by atoms with Crippen molar-refractivity contribution in [3.8, 4) is 11.5 Å². The van der Waals surface area contributed by atoms with Crippen LogP contribution in [0.5, 0.6) is 11.5 Å². The highest BCUT2D eigenvalue weighted by molar-refractivity contribution is 5.99. The number of carbonyl (C=O) groups is 1. The standard InChI is InChI=1S/C12H17NO4/c1-15-7-8-4-11(16-2)12(17-3)5-9(8)10(14)6-13/h4-5H,6-7,13H2,1-3H3. The zero-order valence-electron chi connectivity index (χ0n) is 10.3. The Morgan fingerprint density at radius 3 is 2.24 bits per heavy atom. The smallest absolute Gasteiger partial charge is 0.176 e. The Kier molecular flexibility index (Phi) is 4.93. The van der Waals surface area contributed by atoms with Crippen LogP contribution in [0.4, 0.5) is 0 Å². The van der Waals surface area contributed by atoms with Gasteiger partial charge in [0, 0.05) is 12.7 Å². The van der Waals surface area contributed by atoms with Gasteiger partial charge in [0.25, 0.3) is 0 Å². The van der Waals surface area contributed by atoms with Gasteiger partial charge in [0.05, 0.1) is 27.4 Å². The first kappa shape index (κ1) is 13.5. The van der Waals surface area contributed by atoms with E-state index in [-0.39, 0.29) is 12.3 Å². The maximum Gasteiger partial charge on any atom is 0.176 e. The molecule has 0 aliphatic carbocycles. The molecular weight excluding hydrogens is 222 g/mol. The lowest BCUT2D eigenvalue weighted by molar-refractivity contribution is 0.0996. The fourth-order valence-corrected chi connectivity index (χ4v) is 1.57. The summed E-state index contributed by atoms with van der Waals surface area (Å²) in [4.78, 5) is 11.7. The van der Waals surface area contributed by atoms with Crippen molar-refractivity contribution >= 4 is 5.78 Å². The minimum Gasteiger partial charge on any atom is -0.493 e. The van der Waals surface area contributed by atoms with Crippen LogP contribution in [0.3, 0.4) is 0 Å². The Hall–Kier alpha value is -1.59. The van der Waals surface area contributed by atoms with Crippen LogP contribution in [0, 0.1) is 0 Å². The largest absolute Gasteiger partial charge is 0.493 e. The van der Waals surface area contributed by atoms with Gasteiger partial charge in [-0.15, -0.1) is 0 Å². The van der Waals surface area contributed by atoms with E-state index >= 15 is 0 Å². The van der Waals surface area contributed by atoms with Crippen LogP contribution in [0.2, 0.25) is 0 Å². The van der Waals surface area contributed by atoms with Crippen molar-refractivity contribution in [2.45, 2.75) is 6.61 Å². The summed E-state index contributed by atoms with van der Waals surface area (Å²) in [5.41, 5.74) is 6.61. The predicted molar refractivity (Wildman–Crippen MR) is 63.6 cm³/mol. The summed E-state index contributed by atoms with van der Waals surface area (Å²) in [5.74, 6) is 0.912. The number of carbonyl (C=O) groups excluding carboxylic acids is 1. The quantitative estimate of drug-likeness (QED) is 0.750. The molecule has 1 rings (SSSR count). The highest BCUT2D eigenvalue weighted by atomic mass is 16.5. The molecule has 0 saturated carbocycles. The molecule has 0 unspecified atom stereocenters. The van der Waals surface area contributed by atoms with Crippen LogP contribution >= 0.6 is 0 Å². The molecule has 0 aliphatic rings. The molecule has 0 spiro atoms. The van der Waals surface area contributed by atoms with Gasteiger partial charge >= 0.3 is 0 Å². The molecule has 1 aromatic rings. The second-order valence-electron chi connectivity index (χ2n) is 3.42. The highest BCUT2D eigenvalue weighted by Gasteiger charge is 2.15. The van der Waals surface area contributed by atoms with Crippen molar-refractivity contribution in [2.75, 3.05) is 27.9 Å². The lowest BCUT2D eigenvalue weighted by atomic mass is 10.0. The van der Waals surface area contributed by atoms with Gasteiger partial charge in [0.2, 0.25) is 0 Å². The van der Waals surface area contributed by atoms with Crippen LogP contribution in [0.15, 0.2) is 12.1 Å². The van der Waals surface area contributed by atoms with Crippen molar-refractivity contribution in [2.24, 2.45) is 5.73 Å². The number of ketones is 1. The molecule has 1 aromatic carbocycles. The van der Waals surface area contributed by atoms with E-state index in [2.05, 4.69) is 0 Å². The second kappa shape index (κ2) is 6.22. The monoisotopic (exact) mass is 239 g/mol. The van der Waals surface area contributed by atoms with Gasteiger partial charge in [0.1, 0.15) is 0 Å². The molecule has 0 fully saturated rings. The number of benzene rings is 1. The van der Waals surface area contributed by atoms with Crippen LogP contribution in [-0.4, -0.2) is 33.7 Å². The Labute approximate surface area is 100 Å². The predicted octanol–water partition coefficient (Wildman–Crippen LogP) is 0.992. The van der Waals surface area contributed by atoms with Crippen LogP contribution in [-0.2, 0) is 11.3 Å². The summed E-state index contributed by atoms with van der Waals surface area (Å²) >= 11 is 0. The van der Waals surface area contributed by atoms with Gasteiger partial charge in [-0.3, -0.25) is 4.79 Å². The maximum atomic E-state index is 11.7. The third-order valence-corrected chi connectivity index (χ3v) is 2.40. The van der Waals surface area contributed by atoms with Gasteiger partial charge < -0.3 is 19.9 Å². The van der Waals surface area contributed by atoms with Crippen LogP contribution in [0.1, 0.15) is 15.9 Å². The highest BCUT2D eigenvalue weighted by Crippen LogP contribution is 2.31. The van der Waals surface area contributed by atoms with Crippen molar-refractivity contribution in [3.63, 3.8) is 0 Å². The Bertz CT molecular complexity index is 404. The summed E-state index contributed by atoms with van der Waals surface area (Å²) in [5, 5.41) is 0. The first-order valence-electron chi connectivity index (χ1n) is 5.15. The number of Topliss-reactive ketones (excluding diaryl/α,β-unsaturated/α-hetero) is 1. The maximum absolute atomic E-state index is 11.7. The lowest BCUT2D eigenvalue weighted by Gasteiger charge is -2.13. The third-order valence-electron chi connectivity index (χ3n) is 2.40. The molecule has 2 N–H and O–H groups in total. The van der Waals surface area contributed by atoms with Crippen LogP contribution < -0.4 is 15.2 Å². The Morgan fingerprint density at radius 2 is 1.76 bits per heavy atom. The lowest BCUT2D eigenvalue weighted by Crippen LogP contribution is -2.16. The van der Waals surface area contributed by atoms with E-state index in [4.69, 9.17) is 19.9 Å². The fourth-order valence-electron chi connectivity index (χ4n) is 1.57. The summed E-state index contributed by atoms with van der Waals surface area (Å²) in [6.07, 6.45) is 0.